The minimum Gasteiger partial charge on any atom is -0.0622 e. The Balaban J connectivity index is 2.97. The maximum absolute atomic E-state index is 7.34. The Labute approximate surface area is 53.0 Å². The summed E-state index contributed by atoms with van der Waals surface area (Å²) in [6, 6.07) is 9.16. The molecular formula is C8H10. The van der Waals surface area contributed by atoms with E-state index in [0.29, 0.717) is 0 Å². The molecule has 1 rings (SSSR count). The van der Waals surface area contributed by atoms with E-state index in [1.807, 2.05) is 18.2 Å². The van der Waals surface area contributed by atoms with E-state index < -0.39 is 6.37 Å². The highest BCUT2D eigenvalue weighted by Gasteiger charge is 1.79. The van der Waals surface area contributed by atoms with Crippen molar-refractivity contribution in [3.05, 3.63) is 35.9 Å². The molecular weight excluding hydrogens is 96.1 g/mol. The highest BCUT2D eigenvalue weighted by atomic mass is 13.9. The summed E-state index contributed by atoms with van der Waals surface area (Å²) >= 11 is 0. The Morgan fingerprint density at radius 1 is 1.38 bits per heavy atom. The number of rotatable bonds is 1. The van der Waals surface area contributed by atoms with Crippen LogP contribution in [0.1, 0.15) is 15.2 Å². The van der Waals surface area contributed by atoms with Crippen molar-refractivity contribution in [3.63, 3.8) is 0 Å². The lowest BCUT2D eigenvalue weighted by atomic mass is 10.2. The van der Waals surface area contributed by atoms with Crippen molar-refractivity contribution >= 4 is 0 Å². The third kappa shape index (κ3) is 1.09. The molecule has 0 atom stereocenters. The third-order valence-corrected chi connectivity index (χ3v) is 1.06. The summed E-state index contributed by atoms with van der Waals surface area (Å²) in [5, 5.41) is 0. The predicted octanol–water partition coefficient (Wildman–Crippen LogP) is 2.25. The average Bonchev–Trinajstić information content (AvgIpc) is 1.88. The Bertz CT molecular complexity index is 198. The van der Waals surface area contributed by atoms with E-state index in [2.05, 4.69) is 0 Å². The summed E-state index contributed by atoms with van der Waals surface area (Å²) < 4.78 is 14.7. The van der Waals surface area contributed by atoms with Gasteiger partial charge < -0.3 is 0 Å². The molecule has 0 saturated heterocycles. The van der Waals surface area contributed by atoms with Gasteiger partial charge >= 0.3 is 0 Å². The Morgan fingerprint density at radius 2 is 2.00 bits per heavy atom. The molecule has 42 valence electrons. The van der Waals surface area contributed by atoms with Gasteiger partial charge in [-0.15, -0.1) is 0 Å². The molecule has 0 heterocycles. The molecule has 0 fully saturated rings. The van der Waals surface area contributed by atoms with Gasteiger partial charge in [-0.25, -0.2) is 0 Å². The number of hydrogen-bond acceptors (Lipinski definition) is 0. The molecule has 0 unspecified atom stereocenters. The molecule has 0 saturated carbocycles. The van der Waals surface area contributed by atoms with Crippen LogP contribution in [0.25, 0.3) is 0 Å². The molecule has 1 aromatic carbocycles. The van der Waals surface area contributed by atoms with E-state index in [-0.39, 0.29) is 0 Å². The van der Waals surface area contributed by atoms with Gasteiger partial charge in [0.05, 0.1) is 0 Å². The first-order chi connectivity index (χ1) is 4.61. The predicted molar refractivity (Wildman–Crippen MR) is 35.8 cm³/mol. The number of benzene rings is 1. The highest BCUT2D eigenvalue weighted by Crippen LogP contribution is 1.96. The summed E-state index contributed by atoms with van der Waals surface area (Å²) in [7, 11) is 0. The summed E-state index contributed by atoms with van der Waals surface area (Å²) in [6.07, 6.45) is -1.21. The zero-order valence-corrected chi connectivity index (χ0v) is 4.89. The first kappa shape index (κ1) is 3.29. The standard InChI is InChI=1S/C8H10/c1-2-8-6-4-3-5-7-8/h3-7H,2H2,1H3/i2D2. The molecule has 0 spiro atoms. The van der Waals surface area contributed by atoms with E-state index in [0.717, 1.165) is 5.56 Å². The second kappa shape index (κ2) is 2.51. The molecule has 0 bridgehead atoms. The van der Waals surface area contributed by atoms with Crippen LogP contribution in [-0.4, -0.2) is 0 Å². The monoisotopic (exact) mass is 108 g/mol. The van der Waals surface area contributed by atoms with Gasteiger partial charge in [-0.2, -0.15) is 0 Å². The van der Waals surface area contributed by atoms with Crippen LogP contribution in [0.2, 0.25) is 0 Å². The first-order valence-electron chi connectivity index (χ1n) is 3.66. The van der Waals surface area contributed by atoms with Gasteiger partial charge in [-0.05, 0) is 11.9 Å². The number of aryl methyl sites for hydroxylation is 1. The van der Waals surface area contributed by atoms with E-state index in [4.69, 9.17) is 2.74 Å². The highest BCUT2D eigenvalue weighted by molar-refractivity contribution is 5.13. The normalized spacial score (nSPS) is 14.6. The van der Waals surface area contributed by atoms with E-state index in [1.165, 1.54) is 0 Å². The quantitative estimate of drug-likeness (QED) is 0.517. The summed E-state index contributed by atoms with van der Waals surface area (Å²) in [5.41, 5.74) is 0.731. The molecule has 0 amide bonds. The van der Waals surface area contributed by atoms with Crippen LogP contribution in [0.15, 0.2) is 30.3 Å². The second-order valence-corrected chi connectivity index (χ2v) is 1.62. The maximum atomic E-state index is 7.34. The minimum absolute atomic E-state index is 0.731. The molecule has 1 aromatic rings. The van der Waals surface area contributed by atoms with Gasteiger partial charge in [0.25, 0.3) is 0 Å². The SMILES string of the molecule is [2H]C([2H])(C)c1ccccc1. The van der Waals surface area contributed by atoms with E-state index >= 15 is 0 Å². The lowest BCUT2D eigenvalue weighted by Crippen LogP contribution is -1.73. The molecule has 0 aliphatic carbocycles. The topological polar surface area (TPSA) is 0 Å². The smallest absolute Gasteiger partial charge is 0.0313 e. The van der Waals surface area contributed by atoms with Gasteiger partial charge in [-0.3, -0.25) is 0 Å². The zero-order chi connectivity index (χ0) is 7.61. The fraction of sp³-hybridized carbons (Fsp3) is 0.250. The van der Waals surface area contributed by atoms with Crippen molar-refractivity contribution in [1.82, 2.24) is 0 Å². The van der Waals surface area contributed by atoms with Crippen LogP contribution in [0.3, 0.4) is 0 Å². The lowest BCUT2D eigenvalue weighted by molar-refractivity contribution is 1.14. The summed E-state index contributed by atoms with van der Waals surface area (Å²) in [6.45, 7) is 1.56. The molecule has 0 aliphatic rings. The van der Waals surface area contributed by atoms with Gasteiger partial charge in [0.15, 0.2) is 0 Å². The van der Waals surface area contributed by atoms with E-state index in [9.17, 15) is 0 Å². The van der Waals surface area contributed by atoms with Gasteiger partial charge in [0.2, 0.25) is 0 Å². The van der Waals surface area contributed by atoms with Gasteiger partial charge in [-0.1, -0.05) is 37.3 Å². The third-order valence-electron chi connectivity index (χ3n) is 1.06. The van der Waals surface area contributed by atoms with E-state index in [1.54, 1.807) is 19.1 Å². The second-order valence-electron chi connectivity index (χ2n) is 1.62. The average molecular weight is 108 g/mol. The summed E-state index contributed by atoms with van der Waals surface area (Å²) in [4.78, 5) is 0. The van der Waals surface area contributed by atoms with Crippen molar-refractivity contribution in [2.75, 3.05) is 0 Å². The zero-order valence-electron chi connectivity index (χ0n) is 6.89. The Morgan fingerprint density at radius 3 is 2.38 bits per heavy atom. The van der Waals surface area contributed by atoms with Crippen molar-refractivity contribution in [3.8, 4) is 0 Å². The lowest BCUT2D eigenvalue weighted by Gasteiger charge is -1.89. The Hall–Kier alpha value is -0.780. The molecule has 0 aliphatic heterocycles. The van der Waals surface area contributed by atoms with Crippen LogP contribution in [0, 0.1) is 0 Å². The first-order valence-corrected chi connectivity index (χ1v) is 2.66. The van der Waals surface area contributed by atoms with Crippen LogP contribution in [-0.2, 0) is 6.37 Å². The van der Waals surface area contributed by atoms with Crippen molar-refractivity contribution < 1.29 is 2.74 Å². The van der Waals surface area contributed by atoms with Crippen LogP contribution in [0.5, 0.6) is 0 Å². The molecule has 0 aromatic heterocycles. The fourth-order valence-corrected chi connectivity index (χ4v) is 0.605. The van der Waals surface area contributed by atoms with Crippen molar-refractivity contribution in [1.29, 1.82) is 0 Å². The summed E-state index contributed by atoms with van der Waals surface area (Å²) in [5.74, 6) is 0. The molecule has 0 N–H and O–H groups in total. The number of hydrogen-bond donors (Lipinski definition) is 0. The minimum atomic E-state index is -1.21. The molecule has 0 radical (unpaired) electrons. The molecule has 0 nitrogen and oxygen atoms in total. The van der Waals surface area contributed by atoms with Crippen LogP contribution >= 0.6 is 0 Å². The van der Waals surface area contributed by atoms with Gasteiger partial charge in [0, 0.05) is 2.74 Å². The Kier molecular flexibility index (Phi) is 1.03. The van der Waals surface area contributed by atoms with Crippen LogP contribution < -0.4 is 0 Å². The van der Waals surface area contributed by atoms with Crippen molar-refractivity contribution in [2.45, 2.75) is 13.3 Å². The maximum Gasteiger partial charge on any atom is 0.0313 e. The van der Waals surface area contributed by atoms with Gasteiger partial charge in [0.1, 0.15) is 0 Å². The molecule has 0 heteroatoms. The largest absolute Gasteiger partial charge is 0.0622 e. The molecule has 8 heavy (non-hydrogen) atoms. The van der Waals surface area contributed by atoms with Crippen LogP contribution in [0.4, 0.5) is 0 Å². The fourth-order valence-electron chi connectivity index (χ4n) is 0.605. The van der Waals surface area contributed by atoms with Crippen molar-refractivity contribution in [2.24, 2.45) is 0 Å².